The van der Waals surface area contributed by atoms with Gasteiger partial charge in [-0.1, -0.05) is 5.16 Å². The number of hydrogen-bond acceptors (Lipinski definition) is 13. The van der Waals surface area contributed by atoms with Crippen molar-refractivity contribution in [3.8, 4) is 0 Å². The van der Waals surface area contributed by atoms with Crippen LogP contribution in [0.4, 0.5) is 18.3 Å². The molecule has 1 fully saturated rings. The maximum atomic E-state index is 12.6. The van der Waals surface area contributed by atoms with Crippen molar-refractivity contribution in [1.82, 2.24) is 19.6 Å². The molecule has 0 radical (unpaired) electrons. The van der Waals surface area contributed by atoms with E-state index in [4.69, 9.17) is 20.4 Å². The number of thioether (sulfide) groups is 1. The van der Waals surface area contributed by atoms with Crippen molar-refractivity contribution in [2.75, 3.05) is 25.2 Å². The molecule has 2 aliphatic heterocycles. The summed E-state index contributed by atoms with van der Waals surface area (Å²) >= 11 is 2.09. The Hall–Kier alpha value is -3.94. The molecule has 2 amide bonds. The Balaban J connectivity index is 0.000000604. The molecule has 3 rings (SSSR count). The first-order chi connectivity index (χ1) is 17.2. The van der Waals surface area contributed by atoms with Crippen molar-refractivity contribution in [1.29, 1.82) is 0 Å². The van der Waals surface area contributed by atoms with Gasteiger partial charge in [0.2, 0.25) is 11.5 Å². The second-order valence-corrected chi connectivity index (χ2v) is 8.67. The molecule has 15 nitrogen and oxygen atoms in total. The molecular weight excluding hydrogens is 553 g/mol. The van der Waals surface area contributed by atoms with Crippen LogP contribution in [-0.4, -0.2) is 97.0 Å². The van der Waals surface area contributed by atoms with Gasteiger partial charge in [-0.05, 0) is 0 Å². The number of fused-ring (bicyclic) bond motifs is 1. The number of nitrogens with zero attached hydrogens (tertiary/aromatic N) is 4. The van der Waals surface area contributed by atoms with Crippen molar-refractivity contribution in [2.24, 2.45) is 5.16 Å². The fourth-order valence-electron chi connectivity index (χ4n) is 2.80. The zero-order valence-electron chi connectivity index (χ0n) is 18.6. The molecular formula is C17H17F3N6O9S2. The van der Waals surface area contributed by atoms with Gasteiger partial charge in [-0.3, -0.25) is 19.3 Å². The summed E-state index contributed by atoms with van der Waals surface area (Å²) in [5.74, 6) is -5.91. The number of hydrogen-bond donors (Lipinski definition) is 4. The molecule has 202 valence electrons. The molecule has 37 heavy (non-hydrogen) atoms. The van der Waals surface area contributed by atoms with Crippen molar-refractivity contribution < 1.29 is 56.9 Å². The average molecular weight is 570 g/mol. The van der Waals surface area contributed by atoms with Gasteiger partial charge in [0.1, 0.15) is 30.8 Å². The monoisotopic (exact) mass is 570 g/mol. The Morgan fingerprint density at radius 2 is 1.92 bits per heavy atom. The molecule has 5 N–H and O–H groups in total. The van der Waals surface area contributed by atoms with Gasteiger partial charge in [-0.25, -0.2) is 9.59 Å². The summed E-state index contributed by atoms with van der Waals surface area (Å²) in [6.45, 7) is 0.961. The number of carboxylic acids is 2. The van der Waals surface area contributed by atoms with Crippen LogP contribution in [-0.2, 0) is 33.5 Å². The molecule has 0 saturated carbocycles. The van der Waals surface area contributed by atoms with Gasteiger partial charge in [-0.15, -0.1) is 11.8 Å². The smallest absolute Gasteiger partial charge is 0.477 e. The molecule has 1 saturated heterocycles. The molecule has 3 heterocycles. The molecule has 0 unspecified atom stereocenters. The number of halogens is 3. The number of nitrogens with two attached hydrogens (primary N) is 1. The minimum Gasteiger partial charge on any atom is -0.477 e. The number of oxime groups is 1. The number of anilines is 1. The Labute approximate surface area is 212 Å². The highest BCUT2D eigenvalue weighted by Crippen LogP contribution is 2.40. The van der Waals surface area contributed by atoms with Crippen LogP contribution in [0.15, 0.2) is 16.4 Å². The fourth-order valence-corrected chi connectivity index (χ4v) is 4.56. The van der Waals surface area contributed by atoms with Crippen LogP contribution in [0.2, 0.25) is 0 Å². The zero-order valence-corrected chi connectivity index (χ0v) is 20.3. The number of aliphatic carboxylic acids is 2. The van der Waals surface area contributed by atoms with Crippen LogP contribution in [0.5, 0.6) is 0 Å². The molecule has 0 aliphatic carbocycles. The predicted molar refractivity (Wildman–Crippen MR) is 118 cm³/mol. The number of ether oxygens (including phenoxy) is 1. The summed E-state index contributed by atoms with van der Waals surface area (Å²) in [4.78, 5) is 66.5. The third kappa shape index (κ3) is 7.06. The Bertz CT molecular complexity index is 1170. The Kier molecular flexibility index (Phi) is 9.39. The van der Waals surface area contributed by atoms with Gasteiger partial charge in [-0.2, -0.15) is 22.5 Å². The lowest BCUT2D eigenvalue weighted by molar-refractivity contribution is -0.192. The Morgan fingerprint density at radius 1 is 1.30 bits per heavy atom. The summed E-state index contributed by atoms with van der Waals surface area (Å²) < 4.78 is 40.5. The molecule has 1 aromatic heterocycles. The third-order valence-electron chi connectivity index (χ3n) is 4.28. The molecule has 2 atom stereocenters. The number of esters is 1. The lowest BCUT2D eigenvalue weighted by Crippen LogP contribution is -2.71. The van der Waals surface area contributed by atoms with Gasteiger partial charge in [0.25, 0.3) is 11.8 Å². The van der Waals surface area contributed by atoms with Crippen LogP contribution < -0.4 is 11.1 Å². The minimum atomic E-state index is -5.08. The van der Waals surface area contributed by atoms with Crippen LogP contribution in [0.3, 0.4) is 0 Å². The second kappa shape index (κ2) is 11.9. The SMILES string of the molecule is CON=C(C(=O)N[C@@H]1C(=O)N2C(C(=O)O)=C(COC(C)=O)CS[C@H]12)c1nsc(N)n1.O=C(O)C(F)(F)F. The topological polar surface area (TPSA) is 224 Å². The van der Waals surface area contributed by atoms with E-state index < -0.39 is 47.3 Å². The second-order valence-electron chi connectivity index (χ2n) is 6.78. The van der Waals surface area contributed by atoms with Crippen LogP contribution in [0, 0.1) is 0 Å². The van der Waals surface area contributed by atoms with Gasteiger partial charge in [0.15, 0.2) is 5.13 Å². The van der Waals surface area contributed by atoms with Crippen molar-refractivity contribution in [2.45, 2.75) is 24.5 Å². The van der Waals surface area contributed by atoms with Crippen LogP contribution in [0.1, 0.15) is 12.7 Å². The highest BCUT2D eigenvalue weighted by Gasteiger charge is 2.54. The normalized spacial score (nSPS) is 19.1. The molecule has 20 heteroatoms. The number of nitrogen functional groups attached to an aromatic ring is 1. The summed E-state index contributed by atoms with van der Waals surface area (Å²) in [5.41, 5.74) is 5.28. The van der Waals surface area contributed by atoms with Crippen molar-refractivity contribution in [3.05, 3.63) is 17.1 Å². The van der Waals surface area contributed by atoms with E-state index >= 15 is 0 Å². The average Bonchev–Trinajstić information content (AvgIpc) is 3.23. The summed E-state index contributed by atoms with van der Waals surface area (Å²) in [5, 5.41) is 22.2. The number of β-lactam (4-membered cyclic amide) rings is 1. The summed E-state index contributed by atoms with van der Waals surface area (Å²) in [6, 6.07) is -0.995. The van der Waals surface area contributed by atoms with E-state index in [2.05, 4.69) is 24.7 Å². The highest BCUT2D eigenvalue weighted by atomic mass is 32.2. The van der Waals surface area contributed by atoms with E-state index in [1.807, 2.05) is 0 Å². The largest absolute Gasteiger partial charge is 0.490 e. The van der Waals surface area contributed by atoms with E-state index in [0.717, 1.165) is 16.4 Å². The third-order valence-corrected chi connectivity index (χ3v) is 6.16. The van der Waals surface area contributed by atoms with E-state index in [0.29, 0.717) is 5.57 Å². The molecule has 1 aromatic rings. The van der Waals surface area contributed by atoms with Gasteiger partial charge >= 0.3 is 24.1 Å². The number of carbonyl (C=O) groups excluding carboxylic acids is 3. The molecule has 0 bridgehead atoms. The zero-order chi connectivity index (χ0) is 28.1. The molecule has 0 spiro atoms. The lowest BCUT2D eigenvalue weighted by Gasteiger charge is -2.49. The van der Waals surface area contributed by atoms with E-state index in [-0.39, 0.29) is 34.7 Å². The first-order valence-corrected chi connectivity index (χ1v) is 11.4. The first kappa shape index (κ1) is 29.3. The van der Waals surface area contributed by atoms with Crippen LogP contribution >= 0.6 is 23.3 Å². The van der Waals surface area contributed by atoms with Gasteiger partial charge in [0.05, 0.1) is 0 Å². The number of carboxylic acid groups (broad SMARTS) is 2. The molecule has 2 aliphatic rings. The minimum absolute atomic E-state index is 0.0634. The Morgan fingerprint density at radius 3 is 2.38 bits per heavy atom. The number of nitrogens with one attached hydrogen (secondary N) is 1. The molecule has 0 aromatic carbocycles. The van der Waals surface area contributed by atoms with Gasteiger partial charge < -0.3 is 30.8 Å². The number of rotatable bonds is 7. The maximum Gasteiger partial charge on any atom is 0.490 e. The predicted octanol–water partition coefficient (Wildman–Crippen LogP) is -0.594. The number of aromatic nitrogens is 2. The van der Waals surface area contributed by atoms with E-state index in [1.54, 1.807) is 0 Å². The lowest BCUT2D eigenvalue weighted by atomic mass is 10.0. The number of amides is 2. The van der Waals surface area contributed by atoms with Crippen LogP contribution in [0.25, 0.3) is 0 Å². The number of alkyl halides is 3. The summed E-state index contributed by atoms with van der Waals surface area (Å²) in [7, 11) is 1.23. The van der Waals surface area contributed by atoms with E-state index in [1.165, 1.54) is 25.8 Å². The first-order valence-electron chi connectivity index (χ1n) is 9.54. The quantitative estimate of drug-likeness (QED) is 0.139. The van der Waals surface area contributed by atoms with E-state index in [9.17, 15) is 37.5 Å². The summed E-state index contributed by atoms with van der Waals surface area (Å²) in [6.07, 6.45) is -5.08. The fraction of sp³-hybridized carbons (Fsp3) is 0.412. The van der Waals surface area contributed by atoms with Crippen molar-refractivity contribution in [3.63, 3.8) is 0 Å². The highest BCUT2D eigenvalue weighted by molar-refractivity contribution is 8.00. The van der Waals surface area contributed by atoms with Crippen molar-refractivity contribution >= 4 is 63.9 Å². The standard InChI is InChI=1S/C15H16N6O7S2.C2HF3O2/c1-5(22)28-3-6-4-29-13-8(12(24)21(13)9(6)14(25)26)17-11(23)7(19-27-2)10-18-15(16)30-20-10;3-2(4,5)1(6)7/h8,13H,3-4H2,1-2H3,(H,17,23)(H,25,26)(H2,16,18,20);(H,6,7)/t8-,13-;/m1./s1. The van der Waals surface area contributed by atoms with Gasteiger partial charge in [0, 0.05) is 29.8 Å². The number of carbonyl (C=O) groups is 5. The maximum absolute atomic E-state index is 12.6.